The number of halogens is 2. The van der Waals surface area contributed by atoms with Gasteiger partial charge in [0.15, 0.2) is 0 Å². The van der Waals surface area contributed by atoms with Crippen LogP contribution in [-0.2, 0) is 0 Å². The maximum absolute atomic E-state index is 11.9. The molecule has 0 aliphatic carbocycles. The van der Waals surface area contributed by atoms with Gasteiger partial charge in [-0.2, -0.15) is 0 Å². The van der Waals surface area contributed by atoms with Gasteiger partial charge in [0.25, 0.3) is 5.91 Å². The van der Waals surface area contributed by atoms with Crippen LogP contribution in [0.25, 0.3) is 0 Å². The predicted molar refractivity (Wildman–Crippen MR) is 72.0 cm³/mol. The average molecular weight is 364 g/mol. The standard InChI is InChI=1S/C11H12Br2N2O2/c12-7-1-2-8(9(13)3-7)10(16)15-6-11(17)4-14-5-11/h1-3,14,17H,4-6H2,(H,15,16). The third-order valence-electron chi connectivity index (χ3n) is 2.66. The van der Waals surface area contributed by atoms with Crippen molar-refractivity contribution in [2.24, 2.45) is 0 Å². The highest BCUT2D eigenvalue weighted by atomic mass is 79.9. The van der Waals surface area contributed by atoms with E-state index in [0.717, 1.165) is 8.95 Å². The molecule has 17 heavy (non-hydrogen) atoms. The quantitative estimate of drug-likeness (QED) is 0.758. The zero-order valence-corrected chi connectivity index (χ0v) is 12.1. The molecular weight excluding hydrogens is 352 g/mol. The van der Waals surface area contributed by atoms with Crippen molar-refractivity contribution < 1.29 is 9.90 Å². The smallest absolute Gasteiger partial charge is 0.252 e. The van der Waals surface area contributed by atoms with Crippen molar-refractivity contribution in [1.29, 1.82) is 0 Å². The van der Waals surface area contributed by atoms with Crippen molar-refractivity contribution in [2.45, 2.75) is 5.60 Å². The number of aliphatic hydroxyl groups is 1. The first-order valence-electron chi connectivity index (χ1n) is 5.17. The molecule has 0 radical (unpaired) electrons. The van der Waals surface area contributed by atoms with Crippen LogP contribution < -0.4 is 10.6 Å². The summed E-state index contributed by atoms with van der Waals surface area (Å²) in [7, 11) is 0. The highest BCUT2D eigenvalue weighted by Crippen LogP contribution is 2.22. The van der Waals surface area contributed by atoms with E-state index in [1.165, 1.54) is 0 Å². The van der Waals surface area contributed by atoms with E-state index in [-0.39, 0.29) is 12.5 Å². The number of rotatable bonds is 3. The van der Waals surface area contributed by atoms with E-state index in [2.05, 4.69) is 42.5 Å². The van der Waals surface area contributed by atoms with Gasteiger partial charge in [0.05, 0.1) is 5.56 Å². The second kappa shape index (κ2) is 5.06. The number of β-amino-alcohol motifs (C(OH)–C–C–N with tert-alkyl or cyclic N) is 1. The topological polar surface area (TPSA) is 61.4 Å². The molecule has 0 atom stereocenters. The highest BCUT2D eigenvalue weighted by Gasteiger charge is 2.34. The van der Waals surface area contributed by atoms with E-state index in [9.17, 15) is 9.90 Å². The van der Waals surface area contributed by atoms with Crippen molar-refractivity contribution in [1.82, 2.24) is 10.6 Å². The molecule has 6 heteroatoms. The van der Waals surface area contributed by atoms with Crippen LogP contribution in [0.3, 0.4) is 0 Å². The Morgan fingerprint density at radius 2 is 2.18 bits per heavy atom. The molecule has 2 rings (SSSR count). The van der Waals surface area contributed by atoms with Crippen LogP contribution in [0, 0.1) is 0 Å². The van der Waals surface area contributed by atoms with Crippen molar-refractivity contribution in [3.8, 4) is 0 Å². The largest absolute Gasteiger partial charge is 0.385 e. The predicted octanol–water partition coefficient (Wildman–Crippen LogP) is 1.28. The Morgan fingerprint density at radius 3 is 2.71 bits per heavy atom. The van der Waals surface area contributed by atoms with Crippen LogP contribution in [0.2, 0.25) is 0 Å². The fourth-order valence-electron chi connectivity index (χ4n) is 1.55. The van der Waals surface area contributed by atoms with E-state index in [0.29, 0.717) is 18.7 Å². The molecule has 92 valence electrons. The Hall–Kier alpha value is -0.430. The Bertz CT molecular complexity index is 447. The normalized spacial score (nSPS) is 17.4. The lowest BCUT2D eigenvalue weighted by atomic mass is 9.97. The monoisotopic (exact) mass is 362 g/mol. The van der Waals surface area contributed by atoms with Crippen molar-refractivity contribution >= 4 is 37.8 Å². The van der Waals surface area contributed by atoms with E-state index >= 15 is 0 Å². The maximum Gasteiger partial charge on any atom is 0.252 e. The third kappa shape index (κ3) is 3.07. The number of hydrogen-bond acceptors (Lipinski definition) is 3. The minimum absolute atomic E-state index is 0.190. The molecule has 1 saturated heterocycles. The molecule has 0 bridgehead atoms. The van der Waals surface area contributed by atoms with Gasteiger partial charge < -0.3 is 15.7 Å². The summed E-state index contributed by atoms with van der Waals surface area (Å²) in [5.41, 5.74) is -0.235. The first-order valence-corrected chi connectivity index (χ1v) is 6.75. The third-order valence-corrected chi connectivity index (χ3v) is 3.81. The zero-order chi connectivity index (χ0) is 12.5. The molecule has 1 fully saturated rings. The molecule has 1 aromatic carbocycles. The fraction of sp³-hybridized carbons (Fsp3) is 0.364. The highest BCUT2D eigenvalue weighted by molar-refractivity contribution is 9.11. The number of carbonyl (C=O) groups excluding carboxylic acids is 1. The van der Waals surface area contributed by atoms with Crippen LogP contribution in [0.1, 0.15) is 10.4 Å². The van der Waals surface area contributed by atoms with E-state index in [1.807, 2.05) is 6.07 Å². The summed E-state index contributed by atoms with van der Waals surface area (Å²) in [5.74, 6) is -0.190. The molecule has 0 unspecified atom stereocenters. The van der Waals surface area contributed by atoms with Gasteiger partial charge in [0.1, 0.15) is 5.60 Å². The second-order valence-corrected chi connectivity index (χ2v) is 5.90. The second-order valence-electron chi connectivity index (χ2n) is 4.13. The van der Waals surface area contributed by atoms with Gasteiger partial charge in [-0.1, -0.05) is 15.9 Å². The van der Waals surface area contributed by atoms with E-state index < -0.39 is 5.60 Å². The molecule has 1 amide bonds. The number of hydrogen-bond donors (Lipinski definition) is 3. The fourth-order valence-corrected chi connectivity index (χ4v) is 2.78. The van der Waals surface area contributed by atoms with Gasteiger partial charge in [0.2, 0.25) is 0 Å². The summed E-state index contributed by atoms with van der Waals surface area (Å²) in [5, 5.41) is 15.5. The lowest BCUT2D eigenvalue weighted by molar-refractivity contribution is -0.00760. The molecule has 4 nitrogen and oxygen atoms in total. The summed E-state index contributed by atoms with van der Waals surface area (Å²) < 4.78 is 1.63. The molecule has 0 spiro atoms. The number of amides is 1. The van der Waals surface area contributed by atoms with Crippen LogP contribution in [0.15, 0.2) is 27.1 Å². The van der Waals surface area contributed by atoms with Gasteiger partial charge in [-0.15, -0.1) is 0 Å². The Balaban J connectivity index is 1.99. The SMILES string of the molecule is O=C(NCC1(O)CNC1)c1ccc(Br)cc1Br. The van der Waals surface area contributed by atoms with Crippen molar-refractivity contribution in [3.05, 3.63) is 32.7 Å². The molecule has 3 N–H and O–H groups in total. The molecule has 1 aliphatic rings. The molecule has 0 saturated carbocycles. The maximum atomic E-state index is 11.9. The summed E-state index contributed by atoms with van der Waals surface area (Å²) in [4.78, 5) is 11.9. The Labute approximate surface area is 116 Å². The summed E-state index contributed by atoms with van der Waals surface area (Å²) in [6.45, 7) is 1.31. The molecule has 0 aromatic heterocycles. The van der Waals surface area contributed by atoms with Gasteiger partial charge in [0, 0.05) is 28.6 Å². The number of carbonyl (C=O) groups is 1. The first-order chi connectivity index (χ1) is 8.00. The van der Waals surface area contributed by atoms with Crippen LogP contribution in [-0.4, -0.2) is 36.2 Å². The number of nitrogens with one attached hydrogen (secondary N) is 2. The summed E-state index contributed by atoms with van der Waals surface area (Å²) >= 11 is 6.66. The van der Waals surface area contributed by atoms with E-state index in [4.69, 9.17) is 0 Å². The lowest BCUT2D eigenvalue weighted by Crippen LogP contribution is -2.64. The van der Waals surface area contributed by atoms with Crippen LogP contribution in [0.4, 0.5) is 0 Å². The van der Waals surface area contributed by atoms with Crippen LogP contribution >= 0.6 is 31.9 Å². The van der Waals surface area contributed by atoms with Crippen molar-refractivity contribution in [3.63, 3.8) is 0 Å². The molecule has 1 aromatic rings. The Morgan fingerprint density at radius 1 is 1.47 bits per heavy atom. The average Bonchev–Trinajstić information content (AvgIpc) is 2.23. The molecule has 1 aliphatic heterocycles. The number of benzene rings is 1. The lowest BCUT2D eigenvalue weighted by Gasteiger charge is -2.37. The van der Waals surface area contributed by atoms with Gasteiger partial charge in [-0.3, -0.25) is 4.79 Å². The molecular formula is C11H12Br2N2O2. The summed E-state index contributed by atoms with van der Waals surface area (Å²) in [6, 6.07) is 5.35. The molecule has 1 heterocycles. The zero-order valence-electron chi connectivity index (χ0n) is 8.96. The van der Waals surface area contributed by atoms with E-state index in [1.54, 1.807) is 12.1 Å². The van der Waals surface area contributed by atoms with Gasteiger partial charge >= 0.3 is 0 Å². The minimum Gasteiger partial charge on any atom is -0.385 e. The Kier molecular flexibility index (Phi) is 3.87. The summed E-state index contributed by atoms with van der Waals surface area (Å²) in [6.07, 6.45) is 0. The first kappa shape index (κ1) is 13.0. The minimum atomic E-state index is -0.794. The van der Waals surface area contributed by atoms with Crippen LogP contribution in [0.5, 0.6) is 0 Å². The van der Waals surface area contributed by atoms with Gasteiger partial charge in [-0.25, -0.2) is 0 Å². The van der Waals surface area contributed by atoms with Gasteiger partial charge in [-0.05, 0) is 34.1 Å². The van der Waals surface area contributed by atoms with Crippen molar-refractivity contribution in [2.75, 3.05) is 19.6 Å².